The second-order valence-corrected chi connectivity index (χ2v) is 5.88. The monoisotopic (exact) mass is 378 g/mol. The zero-order valence-corrected chi connectivity index (χ0v) is 14.9. The minimum absolute atomic E-state index is 0.212. The molecule has 0 aliphatic carbocycles. The maximum Gasteiger partial charge on any atom is 0.349 e. The first-order valence-corrected chi connectivity index (χ1v) is 8.52. The first-order valence-electron chi connectivity index (χ1n) is 8.52. The Morgan fingerprint density at radius 2 is 1.82 bits per heavy atom. The number of hydrogen-bond donors (Lipinski definition) is 2. The highest BCUT2D eigenvalue weighted by molar-refractivity contribution is 5.97. The highest BCUT2D eigenvalue weighted by Crippen LogP contribution is 2.18. The van der Waals surface area contributed by atoms with Gasteiger partial charge in [-0.05, 0) is 30.2 Å². The van der Waals surface area contributed by atoms with Crippen molar-refractivity contribution in [3.8, 4) is 5.75 Å². The number of hydrazine groups is 1. The van der Waals surface area contributed by atoms with E-state index in [1.54, 1.807) is 42.5 Å². The minimum atomic E-state index is -0.792. The smallest absolute Gasteiger partial charge is 0.349 e. The molecule has 0 aliphatic rings. The van der Waals surface area contributed by atoms with Crippen molar-refractivity contribution in [1.82, 2.24) is 10.9 Å². The largest absolute Gasteiger partial charge is 0.483 e. The molecule has 0 saturated heterocycles. The molecule has 2 amide bonds. The highest BCUT2D eigenvalue weighted by Gasteiger charge is 2.14. The lowest BCUT2D eigenvalue weighted by Crippen LogP contribution is -2.45. The van der Waals surface area contributed by atoms with Crippen LogP contribution in [0.15, 0.2) is 76.5 Å². The van der Waals surface area contributed by atoms with E-state index < -0.39 is 17.4 Å². The van der Waals surface area contributed by atoms with Crippen LogP contribution in [0, 0.1) is 0 Å². The Kier molecular flexibility index (Phi) is 5.86. The Labute approximate surface area is 160 Å². The maximum atomic E-state index is 12.2. The molecule has 3 rings (SSSR count). The summed E-state index contributed by atoms with van der Waals surface area (Å²) in [4.78, 5) is 36.1. The van der Waals surface area contributed by atoms with E-state index in [4.69, 9.17) is 9.15 Å². The van der Waals surface area contributed by atoms with Crippen molar-refractivity contribution < 1.29 is 18.7 Å². The topological polar surface area (TPSA) is 97.6 Å². The van der Waals surface area contributed by atoms with Crippen LogP contribution in [0.2, 0.25) is 0 Å². The van der Waals surface area contributed by atoms with Gasteiger partial charge in [-0.25, -0.2) is 4.79 Å². The first-order chi connectivity index (χ1) is 13.6. The normalized spacial score (nSPS) is 10.3. The Morgan fingerprint density at radius 1 is 1.07 bits per heavy atom. The molecule has 0 atom stereocenters. The summed E-state index contributed by atoms with van der Waals surface area (Å²) < 4.78 is 10.6. The SMILES string of the molecule is C=CCc1ccccc1OCC(=O)NNC(=O)c1cc2ccccc2oc1=O. The third-order valence-corrected chi connectivity index (χ3v) is 3.90. The predicted octanol–water partition coefficient (Wildman–Crippen LogP) is 2.36. The summed E-state index contributed by atoms with van der Waals surface area (Å²) in [6, 6.07) is 15.5. The van der Waals surface area contributed by atoms with Gasteiger partial charge in [-0.2, -0.15) is 0 Å². The quantitative estimate of drug-likeness (QED) is 0.390. The number of carbonyl (C=O) groups excluding carboxylic acids is 2. The third-order valence-electron chi connectivity index (χ3n) is 3.90. The van der Waals surface area contributed by atoms with Gasteiger partial charge >= 0.3 is 5.63 Å². The summed E-state index contributed by atoms with van der Waals surface area (Å²) in [5.74, 6) is -0.800. The molecule has 142 valence electrons. The highest BCUT2D eigenvalue weighted by atomic mass is 16.5. The summed E-state index contributed by atoms with van der Waals surface area (Å²) in [7, 11) is 0. The van der Waals surface area contributed by atoms with E-state index in [2.05, 4.69) is 17.4 Å². The summed E-state index contributed by atoms with van der Waals surface area (Å²) in [6.07, 6.45) is 2.34. The number of amides is 2. The number of ether oxygens (including phenoxy) is 1. The van der Waals surface area contributed by atoms with Crippen LogP contribution < -0.4 is 21.2 Å². The van der Waals surface area contributed by atoms with Crippen LogP contribution in [0.1, 0.15) is 15.9 Å². The number of carbonyl (C=O) groups is 2. The van der Waals surface area contributed by atoms with E-state index in [0.717, 1.165) is 5.56 Å². The van der Waals surface area contributed by atoms with Crippen molar-refractivity contribution in [2.75, 3.05) is 6.61 Å². The fourth-order valence-electron chi connectivity index (χ4n) is 2.56. The van der Waals surface area contributed by atoms with Crippen LogP contribution in [0.4, 0.5) is 0 Å². The van der Waals surface area contributed by atoms with Crippen molar-refractivity contribution >= 4 is 22.8 Å². The molecule has 7 nitrogen and oxygen atoms in total. The van der Waals surface area contributed by atoms with Crippen molar-refractivity contribution in [2.45, 2.75) is 6.42 Å². The molecule has 2 aromatic carbocycles. The molecule has 3 aromatic rings. The van der Waals surface area contributed by atoms with Gasteiger partial charge in [0, 0.05) is 5.39 Å². The Hall–Kier alpha value is -3.87. The lowest BCUT2D eigenvalue weighted by Gasteiger charge is -2.11. The van der Waals surface area contributed by atoms with E-state index in [1.807, 2.05) is 12.1 Å². The molecule has 0 radical (unpaired) electrons. The molecule has 0 aliphatic heterocycles. The van der Waals surface area contributed by atoms with Crippen LogP contribution in [0.3, 0.4) is 0 Å². The summed E-state index contributed by atoms with van der Waals surface area (Å²) in [5, 5.41) is 0.598. The molecule has 0 unspecified atom stereocenters. The standard InChI is InChI=1S/C21H18N2O5/c1-2-7-14-8-3-5-10-17(14)27-13-19(24)22-23-20(25)16-12-15-9-4-6-11-18(15)28-21(16)26/h2-6,8-12H,1,7,13H2,(H,22,24)(H,23,25). The zero-order valence-electron chi connectivity index (χ0n) is 14.9. The molecule has 0 spiro atoms. The molecular weight excluding hydrogens is 360 g/mol. The van der Waals surface area contributed by atoms with Gasteiger partial charge in [0.15, 0.2) is 6.61 Å². The van der Waals surface area contributed by atoms with Gasteiger partial charge in [-0.3, -0.25) is 20.4 Å². The third kappa shape index (κ3) is 4.45. The number of rotatable bonds is 6. The fraction of sp³-hybridized carbons (Fsp3) is 0.0952. The predicted molar refractivity (Wildman–Crippen MR) is 104 cm³/mol. The van der Waals surface area contributed by atoms with Gasteiger partial charge in [0.2, 0.25) is 0 Å². The Morgan fingerprint density at radius 3 is 2.64 bits per heavy atom. The zero-order chi connectivity index (χ0) is 19.9. The summed E-state index contributed by atoms with van der Waals surface area (Å²) in [5.41, 5.74) is 4.66. The average Bonchev–Trinajstić information content (AvgIpc) is 2.71. The van der Waals surface area contributed by atoms with Gasteiger partial charge in [-0.1, -0.05) is 42.5 Å². The molecule has 2 N–H and O–H groups in total. The number of fused-ring (bicyclic) bond motifs is 1. The van der Waals surface area contributed by atoms with Crippen LogP contribution in [0.5, 0.6) is 5.75 Å². The van der Waals surface area contributed by atoms with Crippen LogP contribution in [0.25, 0.3) is 11.0 Å². The van der Waals surface area contributed by atoms with Crippen LogP contribution in [-0.4, -0.2) is 18.4 Å². The molecule has 28 heavy (non-hydrogen) atoms. The lowest BCUT2D eigenvalue weighted by molar-refractivity contribution is -0.123. The van der Waals surface area contributed by atoms with Gasteiger partial charge in [0.1, 0.15) is 16.9 Å². The molecular formula is C21H18N2O5. The van der Waals surface area contributed by atoms with E-state index in [9.17, 15) is 14.4 Å². The second kappa shape index (κ2) is 8.68. The fourth-order valence-corrected chi connectivity index (χ4v) is 2.56. The molecule has 1 aromatic heterocycles. The molecule has 0 saturated carbocycles. The van der Waals surface area contributed by atoms with E-state index in [1.165, 1.54) is 6.07 Å². The van der Waals surface area contributed by atoms with Crippen molar-refractivity contribution in [1.29, 1.82) is 0 Å². The number of hydrogen-bond acceptors (Lipinski definition) is 5. The molecule has 0 fully saturated rings. The average molecular weight is 378 g/mol. The molecule has 1 heterocycles. The van der Waals surface area contributed by atoms with E-state index in [0.29, 0.717) is 23.1 Å². The Balaban J connectivity index is 1.59. The van der Waals surface area contributed by atoms with Crippen molar-refractivity contribution in [3.63, 3.8) is 0 Å². The van der Waals surface area contributed by atoms with E-state index in [-0.39, 0.29) is 12.2 Å². The van der Waals surface area contributed by atoms with Gasteiger partial charge in [0.25, 0.3) is 11.8 Å². The number of para-hydroxylation sites is 2. The van der Waals surface area contributed by atoms with Gasteiger partial charge in [0.05, 0.1) is 0 Å². The van der Waals surface area contributed by atoms with Crippen molar-refractivity contribution in [2.24, 2.45) is 0 Å². The van der Waals surface area contributed by atoms with E-state index >= 15 is 0 Å². The number of benzene rings is 2. The summed E-state index contributed by atoms with van der Waals surface area (Å²) in [6.45, 7) is 3.38. The van der Waals surface area contributed by atoms with Gasteiger partial charge < -0.3 is 9.15 Å². The minimum Gasteiger partial charge on any atom is -0.483 e. The van der Waals surface area contributed by atoms with Crippen LogP contribution in [-0.2, 0) is 11.2 Å². The maximum absolute atomic E-state index is 12.2. The first kappa shape index (κ1) is 18.9. The number of nitrogens with one attached hydrogen (secondary N) is 2. The number of allylic oxidation sites excluding steroid dienone is 1. The van der Waals surface area contributed by atoms with Crippen LogP contribution >= 0.6 is 0 Å². The molecule has 7 heteroatoms. The Bertz CT molecular complexity index is 1090. The molecule has 0 bridgehead atoms. The van der Waals surface area contributed by atoms with Gasteiger partial charge in [-0.15, -0.1) is 6.58 Å². The lowest BCUT2D eigenvalue weighted by atomic mass is 10.1. The summed E-state index contributed by atoms with van der Waals surface area (Å²) >= 11 is 0. The second-order valence-electron chi connectivity index (χ2n) is 5.88. The van der Waals surface area contributed by atoms with Crippen molar-refractivity contribution in [3.05, 3.63) is 88.8 Å².